The molecule has 1 aromatic rings. The van der Waals surface area contributed by atoms with Gasteiger partial charge in [-0.25, -0.2) is 13.6 Å². The number of hydrogen-bond donors (Lipinski definition) is 1. The van der Waals surface area contributed by atoms with Gasteiger partial charge in [0.2, 0.25) is 0 Å². The summed E-state index contributed by atoms with van der Waals surface area (Å²) in [5.74, 6) is -3.67. The van der Waals surface area contributed by atoms with E-state index in [2.05, 4.69) is 0 Å². The molecular weight excluding hydrogens is 238 g/mol. The van der Waals surface area contributed by atoms with Gasteiger partial charge in [0.25, 0.3) is 0 Å². The zero-order valence-corrected chi connectivity index (χ0v) is 9.84. The van der Waals surface area contributed by atoms with E-state index in [1.807, 2.05) is 19.1 Å². The molecule has 0 spiro atoms. The van der Waals surface area contributed by atoms with E-state index >= 15 is 0 Å². The SMILES string of the molecule is CC1=CC=C(c2cc(F)c(C(=O)O)c(F)c2)CC1. The number of rotatable bonds is 2. The van der Waals surface area contributed by atoms with Crippen LogP contribution in [0, 0.1) is 11.6 Å². The summed E-state index contributed by atoms with van der Waals surface area (Å²) in [6, 6.07) is 2.15. The van der Waals surface area contributed by atoms with Crippen LogP contribution in [-0.4, -0.2) is 11.1 Å². The first-order chi connectivity index (χ1) is 8.49. The lowest BCUT2D eigenvalue weighted by atomic mass is 9.93. The standard InChI is InChI=1S/C14H12F2O2/c1-8-2-4-9(5-3-8)10-6-11(15)13(14(17)18)12(16)7-10/h2,4,6-7H,3,5H2,1H3,(H,17,18). The molecule has 2 nitrogen and oxygen atoms in total. The fourth-order valence-electron chi connectivity index (χ4n) is 1.94. The summed E-state index contributed by atoms with van der Waals surface area (Å²) in [6.45, 7) is 1.99. The molecule has 1 aromatic carbocycles. The Morgan fingerprint density at radius 2 is 1.78 bits per heavy atom. The Bertz CT molecular complexity index is 548. The minimum atomic E-state index is -1.59. The molecule has 94 valence electrons. The van der Waals surface area contributed by atoms with Crippen LogP contribution >= 0.6 is 0 Å². The summed E-state index contributed by atoms with van der Waals surface area (Å²) in [5.41, 5.74) is 1.53. The summed E-state index contributed by atoms with van der Waals surface area (Å²) in [4.78, 5) is 10.7. The van der Waals surface area contributed by atoms with Crippen molar-refractivity contribution in [2.75, 3.05) is 0 Å². The molecule has 0 saturated heterocycles. The molecule has 0 saturated carbocycles. The van der Waals surface area contributed by atoms with Crippen LogP contribution in [0.2, 0.25) is 0 Å². The van der Waals surface area contributed by atoms with Gasteiger partial charge < -0.3 is 5.11 Å². The monoisotopic (exact) mass is 250 g/mol. The fourth-order valence-corrected chi connectivity index (χ4v) is 1.94. The highest BCUT2D eigenvalue weighted by atomic mass is 19.1. The maximum Gasteiger partial charge on any atom is 0.341 e. The van der Waals surface area contributed by atoms with E-state index in [9.17, 15) is 13.6 Å². The Labute approximate surface area is 103 Å². The molecule has 0 atom stereocenters. The van der Waals surface area contributed by atoms with Crippen molar-refractivity contribution in [1.29, 1.82) is 0 Å². The van der Waals surface area contributed by atoms with Gasteiger partial charge >= 0.3 is 5.97 Å². The molecule has 1 aliphatic carbocycles. The second-order valence-corrected chi connectivity index (χ2v) is 4.32. The third-order valence-corrected chi connectivity index (χ3v) is 2.98. The smallest absolute Gasteiger partial charge is 0.341 e. The van der Waals surface area contributed by atoms with Crippen LogP contribution in [0.1, 0.15) is 35.7 Å². The highest BCUT2D eigenvalue weighted by Crippen LogP contribution is 2.28. The molecule has 1 aliphatic rings. The van der Waals surface area contributed by atoms with E-state index in [1.165, 1.54) is 5.57 Å². The zero-order chi connectivity index (χ0) is 13.3. The van der Waals surface area contributed by atoms with Crippen molar-refractivity contribution in [1.82, 2.24) is 0 Å². The number of hydrogen-bond acceptors (Lipinski definition) is 1. The molecule has 0 fully saturated rings. The Hall–Kier alpha value is -1.97. The molecule has 0 unspecified atom stereocenters. The second kappa shape index (κ2) is 4.72. The van der Waals surface area contributed by atoms with Crippen molar-refractivity contribution >= 4 is 11.5 Å². The van der Waals surface area contributed by atoms with E-state index in [0.717, 1.165) is 24.1 Å². The number of allylic oxidation sites excluding steroid dienone is 4. The lowest BCUT2D eigenvalue weighted by Crippen LogP contribution is -2.06. The van der Waals surface area contributed by atoms with E-state index in [1.54, 1.807) is 0 Å². The summed E-state index contributed by atoms with van der Waals surface area (Å²) in [5, 5.41) is 8.68. The predicted octanol–water partition coefficient (Wildman–Crippen LogP) is 3.79. The van der Waals surface area contributed by atoms with Crippen molar-refractivity contribution < 1.29 is 18.7 Å². The topological polar surface area (TPSA) is 37.3 Å². The van der Waals surface area contributed by atoms with Crippen molar-refractivity contribution in [2.45, 2.75) is 19.8 Å². The molecule has 4 heteroatoms. The van der Waals surface area contributed by atoms with Crippen LogP contribution in [0.15, 0.2) is 29.9 Å². The van der Waals surface area contributed by atoms with Crippen molar-refractivity contribution in [2.24, 2.45) is 0 Å². The lowest BCUT2D eigenvalue weighted by molar-refractivity contribution is 0.0686. The Balaban J connectivity index is 2.46. The number of carbonyl (C=O) groups is 1. The number of carboxylic acid groups (broad SMARTS) is 1. The van der Waals surface area contributed by atoms with Gasteiger partial charge in [-0.15, -0.1) is 0 Å². The summed E-state index contributed by atoms with van der Waals surface area (Å²) < 4.78 is 27.1. The quantitative estimate of drug-likeness (QED) is 0.867. The van der Waals surface area contributed by atoms with E-state index < -0.39 is 23.2 Å². The van der Waals surface area contributed by atoms with E-state index in [-0.39, 0.29) is 0 Å². The molecule has 18 heavy (non-hydrogen) atoms. The van der Waals surface area contributed by atoms with Crippen LogP contribution in [0.5, 0.6) is 0 Å². The van der Waals surface area contributed by atoms with Gasteiger partial charge in [-0.3, -0.25) is 0 Å². The maximum atomic E-state index is 13.5. The number of aromatic carboxylic acids is 1. The number of halogens is 2. The highest BCUT2D eigenvalue weighted by molar-refractivity contribution is 5.89. The minimum absolute atomic E-state index is 0.402. The van der Waals surface area contributed by atoms with Gasteiger partial charge in [0.05, 0.1) is 0 Å². The normalized spacial score (nSPS) is 15.1. The minimum Gasteiger partial charge on any atom is -0.477 e. The van der Waals surface area contributed by atoms with Crippen LogP contribution in [0.25, 0.3) is 5.57 Å². The average molecular weight is 250 g/mol. The van der Waals surface area contributed by atoms with Gasteiger partial charge in [-0.2, -0.15) is 0 Å². The zero-order valence-electron chi connectivity index (χ0n) is 9.84. The second-order valence-electron chi connectivity index (χ2n) is 4.32. The lowest BCUT2D eigenvalue weighted by Gasteiger charge is -2.13. The molecule has 0 aromatic heterocycles. The van der Waals surface area contributed by atoms with Gasteiger partial charge in [0, 0.05) is 0 Å². The molecule has 0 amide bonds. The third kappa shape index (κ3) is 2.32. The first kappa shape index (κ1) is 12.5. The number of benzene rings is 1. The van der Waals surface area contributed by atoms with Crippen LogP contribution in [0.4, 0.5) is 8.78 Å². The first-order valence-electron chi connectivity index (χ1n) is 5.58. The molecule has 2 rings (SSSR count). The van der Waals surface area contributed by atoms with Crippen LogP contribution in [0.3, 0.4) is 0 Å². The van der Waals surface area contributed by atoms with Gasteiger partial charge in [0.1, 0.15) is 17.2 Å². The Morgan fingerprint density at radius 3 is 2.22 bits per heavy atom. The molecule has 0 aliphatic heterocycles. The summed E-state index contributed by atoms with van der Waals surface area (Å²) in [7, 11) is 0. The number of carboxylic acids is 1. The molecule has 0 heterocycles. The molecule has 0 bridgehead atoms. The Morgan fingerprint density at radius 1 is 1.17 bits per heavy atom. The maximum absolute atomic E-state index is 13.5. The summed E-state index contributed by atoms with van der Waals surface area (Å²) in [6.07, 6.45) is 5.26. The van der Waals surface area contributed by atoms with E-state index in [0.29, 0.717) is 12.0 Å². The van der Waals surface area contributed by atoms with Gasteiger partial charge in [-0.05, 0) is 43.0 Å². The van der Waals surface area contributed by atoms with Crippen molar-refractivity contribution in [3.63, 3.8) is 0 Å². The molecule has 0 radical (unpaired) electrons. The van der Waals surface area contributed by atoms with Crippen molar-refractivity contribution in [3.8, 4) is 0 Å². The van der Waals surface area contributed by atoms with E-state index in [4.69, 9.17) is 5.11 Å². The highest BCUT2D eigenvalue weighted by Gasteiger charge is 2.19. The molecule has 1 N–H and O–H groups in total. The van der Waals surface area contributed by atoms with Crippen LogP contribution in [-0.2, 0) is 0 Å². The first-order valence-corrected chi connectivity index (χ1v) is 5.58. The average Bonchev–Trinajstić information content (AvgIpc) is 2.28. The summed E-state index contributed by atoms with van der Waals surface area (Å²) >= 11 is 0. The molecular formula is C14H12F2O2. The van der Waals surface area contributed by atoms with Gasteiger partial charge in [0.15, 0.2) is 0 Å². The van der Waals surface area contributed by atoms with Gasteiger partial charge in [-0.1, -0.05) is 17.7 Å². The van der Waals surface area contributed by atoms with Crippen LogP contribution < -0.4 is 0 Å². The third-order valence-electron chi connectivity index (χ3n) is 2.98. The predicted molar refractivity (Wildman–Crippen MR) is 64.3 cm³/mol. The fraction of sp³-hybridized carbons (Fsp3) is 0.214. The Kier molecular flexibility index (Phi) is 3.28. The van der Waals surface area contributed by atoms with Crippen molar-refractivity contribution in [3.05, 3.63) is 52.6 Å². The largest absolute Gasteiger partial charge is 0.477 e.